The average Bonchev–Trinajstić information content (AvgIpc) is 2.47. The fourth-order valence-corrected chi connectivity index (χ4v) is 1.29. The summed E-state index contributed by atoms with van der Waals surface area (Å²) in [6.45, 7) is 0. The fraction of sp³-hybridized carbons (Fsp3) is 0.286. The van der Waals surface area contributed by atoms with Crippen LogP contribution in [-0.2, 0) is 25.6 Å². The summed E-state index contributed by atoms with van der Waals surface area (Å²) in [5, 5.41) is 36.8. The van der Waals surface area contributed by atoms with Crippen LogP contribution < -0.4 is 15.9 Å². The summed E-state index contributed by atoms with van der Waals surface area (Å²) in [4.78, 5) is 39.8. The normalized spacial score (nSPS) is 10.8. The van der Waals surface area contributed by atoms with Gasteiger partial charge >= 0.3 is 5.97 Å². The van der Waals surface area contributed by atoms with Crippen LogP contribution in [0.3, 0.4) is 0 Å². The predicted octanol–water partition coefficient (Wildman–Crippen LogP) is -2.82. The maximum absolute atomic E-state index is 10.4. The molecule has 4 N–H and O–H groups in total. The third-order valence-corrected chi connectivity index (χ3v) is 2.49. The predicted molar refractivity (Wildman–Crippen MR) is 71.7 cm³/mol. The van der Waals surface area contributed by atoms with E-state index in [2.05, 4.69) is 0 Å². The van der Waals surface area contributed by atoms with Crippen molar-refractivity contribution in [3.05, 3.63) is 29.8 Å². The van der Waals surface area contributed by atoms with Gasteiger partial charge in [0.05, 0.1) is 0 Å². The minimum absolute atomic E-state index is 0.160. The minimum atomic E-state index is -1.86. The number of ketones is 1. The topological polar surface area (TPSA) is 181 Å². The Balaban J connectivity index is 0.000000438. The van der Waals surface area contributed by atoms with Gasteiger partial charge in [-0.2, -0.15) is 0 Å². The lowest BCUT2D eigenvalue weighted by atomic mass is 10.1. The van der Waals surface area contributed by atoms with Crippen molar-refractivity contribution in [2.45, 2.75) is 25.3 Å². The number of carboxylic acid groups (broad SMARTS) is 3. The van der Waals surface area contributed by atoms with Gasteiger partial charge in [0.25, 0.3) is 0 Å². The van der Waals surface area contributed by atoms with Gasteiger partial charge in [-0.15, -0.1) is 0 Å². The van der Waals surface area contributed by atoms with E-state index in [0.29, 0.717) is 0 Å². The number of carboxylic acids is 3. The molecule has 0 amide bonds. The number of phenolic OH excluding ortho intramolecular Hbond substituents is 1. The average molecular weight is 325 g/mol. The molecule has 0 saturated heterocycles. The van der Waals surface area contributed by atoms with Crippen LogP contribution in [-0.4, -0.2) is 39.9 Å². The van der Waals surface area contributed by atoms with E-state index in [9.17, 15) is 29.4 Å². The number of carbonyl (C=O) groups is 4. The highest BCUT2D eigenvalue weighted by Crippen LogP contribution is 2.10. The van der Waals surface area contributed by atoms with Gasteiger partial charge in [-0.25, -0.2) is 0 Å². The molecule has 1 rings (SSSR count). The van der Waals surface area contributed by atoms with Crippen LogP contribution in [0.25, 0.3) is 0 Å². The Bertz CT molecular complexity index is 567. The maximum Gasteiger partial charge on any atom is 0.320 e. The van der Waals surface area contributed by atoms with Crippen LogP contribution in [0.4, 0.5) is 0 Å². The van der Waals surface area contributed by atoms with E-state index in [4.69, 9.17) is 15.9 Å². The van der Waals surface area contributed by atoms with Crippen molar-refractivity contribution in [2.75, 3.05) is 0 Å². The van der Waals surface area contributed by atoms with Crippen LogP contribution in [0, 0.1) is 0 Å². The number of aromatic hydroxyl groups is 1. The van der Waals surface area contributed by atoms with E-state index >= 15 is 0 Å². The van der Waals surface area contributed by atoms with E-state index in [1.165, 1.54) is 12.1 Å². The van der Waals surface area contributed by atoms with Gasteiger partial charge in [-0.1, -0.05) is 12.1 Å². The first kappa shape index (κ1) is 20.1. The molecule has 0 heterocycles. The van der Waals surface area contributed by atoms with Crippen LogP contribution in [0.5, 0.6) is 5.75 Å². The van der Waals surface area contributed by atoms with Crippen molar-refractivity contribution < 1.29 is 39.6 Å². The molecule has 0 fully saturated rings. The zero-order valence-corrected chi connectivity index (χ0v) is 11.9. The number of benzene rings is 1. The molecular weight excluding hydrogens is 310 g/mol. The Morgan fingerprint density at radius 1 is 1.04 bits per heavy atom. The lowest BCUT2D eigenvalue weighted by Gasteiger charge is -2.05. The fourth-order valence-electron chi connectivity index (χ4n) is 1.29. The summed E-state index contributed by atoms with van der Waals surface area (Å²) in [5.41, 5.74) is 6.12. The van der Waals surface area contributed by atoms with Gasteiger partial charge < -0.3 is 35.7 Å². The monoisotopic (exact) mass is 325 g/mol. The molecule has 0 spiro atoms. The smallest absolute Gasteiger partial charge is 0.320 e. The number of nitrogens with two attached hydrogens (primary N) is 1. The summed E-state index contributed by atoms with van der Waals surface area (Å²) < 4.78 is 0. The second-order valence-corrected chi connectivity index (χ2v) is 4.40. The highest BCUT2D eigenvalue weighted by atomic mass is 16.4. The van der Waals surface area contributed by atoms with Crippen molar-refractivity contribution in [1.29, 1.82) is 0 Å². The largest absolute Gasteiger partial charge is 0.550 e. The van der Waals surface area contributed by atoms with Gasteiger partial charge in [0.15, 0.2) is 5.78 Å². The summed E-state index contributed by atoms with van der Waals surface area (Å²) in [6.07, 6.45) is -0.868. The van der Waals surface area contributed by atoms with E-state index in [0.717, 1.165) is 5.56 Å². The van der Waals surface area contributed by atoms with Crippen molar-refractivity contribution in [3.8, 4) is 5.75 Å². The zero-order valence-electron chi connectivity index (χ0n) is 11.9. The SMILES string of the molecule is NC(Cc1ccc(O)cc1)C(=O)O.O=C([O-])CCC(=O)C(=O)[O-]. The zero-order chi connectivity index (χ0) is 18.0. The standard InChI is InChI=1S/C9H11NO3.C5H6O5/c10-8(9(12)13)5-6-1-3-7(11)4-2-6;6-3(5(9)10)1-2-4(7)8/h1-4,8,11H,5,10H2,(H,12,13);1-2H2,(H,7,8)(H,9,10)/p-2. The molecule has 0 radical (unpaired) electrons. The molecule has 1 aromatic rings. The molecule has 0 aliphatic carbocycles. The lowest BCUT2D eigenvalue weighted by molar-refractivity contribution is -0.306. The molecule has 1 unspecified atom stereocenters. The summed E-state index contributed by atoms with van der Waals surface area (Å²) >= 11 is 0. The number of hydrogen-bond acceptors (Lipinski definition) is 8. The number of phenols is 1. The van der Waals surface area contributed by atoms with Gasteiger partial charge in [0.2, 0.25) is 0 Å². The van der Waals surface area contributed by atoms with E-state index in [-0.39, 0.29) is 12.2 Å². The number of Topliss-reactive ketones (excluding diaryl/α,β-unsaturated/α-hetero) is 1. The number of rotatable bonds is 7. The maximum atomic E-state index is 10.4. The van der Waals surface area contributed by atoms with Crippen molar-refractivity contribution in [2.24, 2.45) is 5.73 Å². The lowest BCUT2D eigenvalue weighted by Crippen LogP contribution is -2.33. The van der Waals surface area contributed by atoms with Gasteiger partial charge in [0.1, 0.15) is 17.8 Å². The van der Waals surface area contributed by atoms with Crippen LogP contribution in [0.15, 0.2) is 24.3 Å². The Hall–Kier alpha value is -2.94. The number of aliphatic carboxylic acids is 3. The Labute approximate surface area is 131 Å². The third kappa shape index (κ3) is 9.58. The molecule has 9 nitrogen and oxygen atoms in total. The van der Waals surface area contributed by atoms with E-state index in [1.54, 1.807) is 12.1 Å². The molecule has 0 aromatic heterocycles. The highest BCUT2D eigenvalue weighted by molar-refractivity contribution is 6.31. The second kappa shape index (κ2) is 9.90. The summed E-state index contributed by atoms with van der Waals surface area (Å²) in [5.74, 6) is -5.39. The molecule has 1 atom stereocenters. The van der Waals surface area contributed by atoms with E-state index < -0.39 is 42.6 Å². The molecule has 1 aromatic carbocycles. The second-order valence-electron chi connectivity index (χ2n) is 4.40. The minimum Gasteiger partial charge on any atom is -0.550 e. The van der Waals surface area contributed by atoms with Gasteiger partial charge in [-0.05, 0) is 30.5 Å². The highest BCUT2D eigenvalue weighted by Gasteiger charge is 2.11. The molecule has 9 heteroatoms. The van der Waals surface area contributed by atoms with E-state index in [1.807, 2.05) is 0 Å². The first-order valence-corrected chi connectivity index (χ1v) is 6.33. The van der Waals surface area contributed by atoms with Gasteiger partial charge in [-0.3, -0.25) is 9.59 Å². The summed E-state index contributed by atoms with van der Waals surface area (Å²) in [6, 6.07) is 5.42. The Morgan fingerprint density at radius 2 is 1.57 bits per heavy atom. The summed E-state index contributed by atoms with van der Waals surface area (Å²) in [7, 11) is 0. The first-order chi connectivity index (χ1) is 10.6. The van der Waals surface area contributed by atoms with Crippen molar-refractivity contribution >= 4 is 23.7 Å². The molecule has 0 aliphatic rings. The molecular formula is C14H15NO8-2. The molecule has 0 saturated carbocycles. The molecule has 0 bridgehead atoms. The Morgan fingerprint density at radius 3 is 1.96 bits per heavy atom. The number of hydrogen-bond donors (Lipinski definition) is 3. The quantitative estimate of drug-likeness (QED) is 0.445. The Kier molecular flexibility index (Phi) is 8.63. The van der Waals surface area contributed by atoms with Crippen LogP contribution in [0.2, 0.25) is 0 Å². The van der Waals surface area contributed by atoms with Crippen molar-refractivity contribution in [1.82, 2.24) is 0 Å². The molecule has 0 aliphatic heterocycles. The third-order valence-electron chi connectivity index (χ3n) is 2.49. The first-order valence-electron chi connectivity index (χ1n) is 6.33. The van der Waals surface area contributed by atoms with Crippen LogP contribution in [0.1, 0.15) is 18.4 Å². The number of carbonyl (C=O) groups excluding carboxylic acids is 3. The van der Waals surface area contributed by atoms with Crippen molar-refractivity contribution in [3.63, 3.8) is 0 Å². The molecule has 126 valence electrons. The molecule has 23 heavy (non-hydrogen) atoms. The van der Waals surface area contributed by atoms with Gasteiger partial charge in [0, 0.05) is 12.4 Å². The van der Waals surface area contributed by atoms with Crippen LogP contribution >= 0.6 is 0 Å².